The van der Waals surface area contributed by atoms with Gasteiger partial charge in [-0.3, -0.25) is 14.5 Å². The van der Waals surface area contributed by atoms with E-state index in [-0.39, 0.29) is 12.4 Å². The van der Waals surface area contributed by atoms with Crippen molar-refractivity contribution in [2.24, 2.45) is 0 Å². The summed E-state index contributed by atoms with van der Waals surface area (Å²) < 4.78 is 47.3. The highest BCUT2D eigenvalue weighted by Crippen LogP contribution is 2.32. The minimum absolute atomic E-state index is 0.0273. The van der Waals surface area contributed by atoms with E-state index < -0.39 is 29.9 Å². The average molecular weight is 289 g/mol. The second-order valence-corrected chi connectivity index (χ2v) is 4.05. The van der Waals surface area contributed by atoms with Crippen LogP contribution >= 0.6 is 0 Å². The molecule has 1 aromatic carbocycles. The predicted molar refractivity (Wildman–Crippen MR) is 60.4 cm³/mol. The highest BCUT2D eigenvalue weighted by molar-refractivity contribution is 5.98. The van der Waals surface area contributed by atoms with E-state index in [1.54, 1.807) is 0 Å². The van der Waals surface area contributed by atoms with E-state index in [4.69, 9.17) is 4.74 Å². The maximum Gasteiger partial charge on any atom is 0.416 e. The Balaban J connectivity index is 2.21. The molecule has 0 aliphatic carbocycles. The molecule has 1 atom stereocenters. The molecule has 1 aromatic rings. The van der Waals surface area contributed by atoms with Crippen LogP contribution in [-0.4, -0.2) is 24.9 Å². The van der Waals surface area contributed by atoms with E-state index in [2.05, 4.69) is 4.74 Å². The Morgan fingerprint density at radius 2 is 2.15 bits per heavy atom. The van der Waals surface area contributed by atoms with E-state index in [0.29, 0.717) is 0 Å². The molecule has 1 fully saturated rings. The van der Waals surface area contributed by atoms with Crippen molar-refractivity contribution in [2.45, 2.75) is 19.4 Å². The predicted octanol–water partition coefficient (Wildman–Crippen LogP) is 1.92. The Bertz CT molecular complexity index is 544. The smallest absolute Gasteiger partial charge is 0.416 e. The van der Waals surface area contributed by atoms with Crippen molar-refractivity contribution < 1.29 is 32.2 Å². The first-order chi connectivity index (χ1) is 9.29. The lowest BCUT2D eigenvalue weighted by Crippen LogP contribution is -2.31. The number of hydrogen-bond donors (Lipinski definition) is 0. The van der Waals surface area contributed by atoms with Crippen LogP contribution in [0.2, 0.25) is 0 Å². The SMILES string of the molecule is CC(=O)OC1OCN(c2cccc(C(F)(F)F)c2)C1=O. The van der Waals surface area contributed by atoms with Crippen LogP contribution < -0.4 is 4.90 Å². The molecule has 1 amide bonds. The van der Waals surface area contributed by atoms with Crippen molar-refractivity contribution in [3.63, 3.8) is 0 Å². The van der Waals surface area contributed by atoms with Crippen LogP contribution in [0.5, 0.6) is 0 Å². The van der Waals surface area contributed by atoms with Gasteiger partial charge in [-0.1, -0.05) is 6.07 Å². The number of ether oxygens (including phenoxy) is 2. The molecule has 1 unspecified atom stereocenters. The Morgan fingerprint density at radius 3 is 2.75 bits per heavy atom. The lowest BCUT2D eigenvalue weighted by atomic mass is 10.2. The van der Waals surface area contributed by atoms with Crippen molar-refractivity contribution >= 4 is 17.6 Å². The van der Waals surface area contributed by atoms with Crippen LogP contribution in [0, 0.1) is 0 Å². The molecule has 5 nitrogen and oxygen atoms in total. The molecule has 1 heterocycles. The third kappa shape index (κ3) is 2.90. The van der Waals surface area contributed by atoms with Crippen molar-refractivity contribution in [3.8, 4) is 0 Å². The first-order valence-corrected chi connectivity index (χ1v) is 5.56. The lowest BCUT2D eigenvalue weighted by Gasteiger charge is -2.16. The Labute approximate surface area is 111 Å². The van der Waals surface area contributed by atoms with Crippen LogP contribution in [-0.2, 0) is 25.2 Å². The van der Waals surface area contributed by atoms with Gasteiger partial charge < -0.3 is 9.47 Å². The minimum Gasteiger partial charge on any atom is -0.426 e. The van der Waals surface area contributed by atoms with Crippen molar-refractivity contribution in [2.75, 3.05) is 11.6 Å². The molecule has 0 aromatic heterocycles. The highest BCUT2D eigenvalue weighted by Gasteiger charge is 2.37. The summed E-state index contributed by atoms with van der Waals surface area (Å²) in [5.74, 6) is -1.44. The highest BCUT2D eigenvalue weighted by atomic mass is 19.4. The number of hydrogen-bond acceptors (Lipinski definition) is 4. The summed E-state index contributed by atoms with van der Waals surface area (Å²) >= 11 is 0. The number of nitrogens with zero attached hydrogens (tertiary/aromatic N) is 1. The van der Waals surface area contributed by atoms with Crippen LogP contribution in [0.1, 0.15) is 12.5 Å². The van der Waals surface area contributed by atoms with Gasteiger partial charge in [0.1, 0.15) is 6.73 Å². The van der Waals surface area contributed by atoms with Gasteiger partial charge in [0.05, 0.1) is 5.56 Å². The molecule has 0 N–H and O–H groups in total. The van der Waals surface area contributed by atoms with Crippen molar-refractivity contribution in [3.05, 3.63) is 29.8 Å². The molecule has 1 saturated heterocycles. The average Bonchev–Trinajstić information content (AvgIpc) is 2.69. The second kappa shape index (κ2) is 5.12. The molecule has 0 radical (unpaired) electrons. The third-order valence-electron chi connectivity index (χ3n) is 2.58. The van der Waals surface area contributed by atoms with E-state index in [1.165, 1.54) is 12.1 Å². The molecule has 0 bridgehead atoms. The number of alkyl halides is 3. The van der Waals surface area contributed by atoms with Gasteiger partial charge in [-0.25, -0.2) is 0 Å². The number of carbonyl (C=O) groups excluding carboxylic acids is 2. The first-order valence-electron chi connectivity index (χ1n) is 5.56. The Morgan fingerprint density at radius 1 is 1.45 bits per heavy atom. The van der Waals surface area contributed by atoms with Gasteiger partial charge in [-0.05, 0) is 18.2 Å². The number of esters is 1. The van der Waals surface area contributed by atoms with E-state index in [0.717, 1.165) is 24.0 Å². The topological polar surface area (TPSA) is 55.8 Å². The number of halogens is 3. The zero-order valence-electron chi connectivity index (χ0n) is 10.3. The monoisotopic (exact) mass is 289 g/mol. The number of anilines is 1. The standard InChI is InChI=1S/C12H10F3NO4/c1-7(17)20-11-10(18)16(6-19-11)9-4-2-3-8(5-9)12(13,14)15/h2-5,11H,6H2,1H3. The molecule has 1 aliphatic heterocycles. The van der Waals surface area contributed by atoms with Crippen LogP contribution in [0.3, 0.4) is 0 Å². The molecule has 1 aliphatic rings. The molecule has 0 spiro atoms. The fraction of sp³-hybridized carbons (Fsp3) is 0.333. The molecular formula is C12H10F3NO4. The molecule has 0 saturated carbocycles. The van der Waals surface area contributed by atoms with Gasteiger partial charge >= 0.3 is 12.1 Å². The summed E-state index contributed by atoms with van der Waals surface area (Å²) in [6, 6.07) is 4.25. The maximum atomic E-state index is 12.6. The van der Waals surface area contributed by atoms with Crippen LogP contribution in [0.4, 0.5) is 18.9 Å². The number of carbonyl (C=O) groups is 2. The summed E-state index contributed by atoms with van der Waals surface area (Å²) in [4.78, 5) is 23.6. The fourth-order valence-corrected chi connectivity index (χ4v) is 1.69. The maximum absolute atomic E-state index is 12.6. The van der Waals surface area contributed by atoms with E-state index >= 15 is 0 Å². The Kier molecular flexibility index (Phi) is 3.67. The molecule has 8 heteroatoms. The summed E-state index contributed by atoms with van der Waals surface area (Å²) in [6.45, 7) is 0.821. The quantitative estimate of drug-likeness (QED) is 0.780. The largest absolute Gasteiger partial charge is 0.426 e. The summed E-state index contributed by atoms with van der Waals surface area (Å²) in [5, 5.41) is 0. The number of rotatable bonds is 2. The fourth-order valence-electron chi connectivity index (χ4n) is 1.69. The summed E-state index contributed by atoms with van der Waals surface area (Å²) in [5.41, 5.74) is -0.849. The Hall–Kier alpha value is -2.09. The van der Waals surface area contributed by atoms with Gasteiger partial charge in [-0.2, -0.15) is 13.2 Å². The summed E-state index contributed by atoms with van der Waals surface area (Å²) in [6.07, 6.45) is -5.92. The van der Waals surface area contributed by atoms with Gasteiger partial charge in [0.25, 0.3) is 12.2 Å². The lowest BCUT2D eigenvalue weighted by molar-refractivity contribution is -0.172. The molecular weight excluding hydrogens is 279 g/mol. The zero-order valence-corrected chi connectivity index (χ0v) is 10.3. The van der Waals surface area contributed by atoms with Crippen LogP contribution in [0.25, 0.3) is 0 Å². The minimum atomic E-state index is -4.51. The van der Waals surface area contributed by atoms with Gasteiger partial charge in [0, 0.05) is 12.6 Å². The zero-order chi connectivity index (χ0) is 14.9. The van der Waals surface area contributed by atoms with Crippen LogP contribution in [0.15, 0.2) is 24.3 Å². The summed E-state index contributed by atoms with van der Waals surface area (Å²) in [7, 11) is 0. The second-order valence-electron chi connectivity index (χ2n) is 4.05. The molecule has 2 rings (SSSR count). The van der Waals surface area contributed by atoms with E-state index in [9.17, 15) is 22.8 Å². The molecule has 20 heavy (non-hydrogen) atoms. The van der Waals surface area contributed by atoms with Gasteiger partial charge in [0.2, 0.25) is 0 Å². The third-order valence-corrected chi connectivity index (χ3v) is 2.58. The number of amides is 1. The van der Waals surface area contributed by atoms with E-state index in [1.807, 2.05) is 0 Å². The number of benzene rings is 1. The van der Waals surface area contributed by atoms with Crippen molar-refractivity contribution in [1.29, 1.82) is 0 Å². The van der Waals surface area contributed by atoms with Crippen molar-refractivity contribution in [1.82, 2.24) is 0 Å². The molecule has 108 valence electrons. The van der Waals surface area contributed by atoms with Gasteiger partial charge in [-0.15, -0.1) is 0 Å². The van der Waals surface area contributed by atoms with Gasteiger partial charge in [0.15, 0.2) is 0 Å². The first kappa shape index (κ1) is 14.3. The normalized spacial score (nSPS) is 19.3.